The summed E-state index contributed by atoms with van der Waals surface area (Å²) < 4.78 is 6.52. The standard InChI is InChI=1S/C18H17N5O2/c1-25-15-9-7-13(8-10-15)16-11-12-23(18(20-16)21-19)22-17(24)14-5-3-2-4-6-14/h2-12H,19H2,1H3,(H,22,24). The summed E-state index contributed by atoms with van der Waals surface area (Å²) in [5.41, 5.74) is 4.96. The zero-order valence-electron chi connectivity index (χ0n) is 13.6. The van der Waals surface area contributed by atoms with E-state index in [1.165, 1.54) is 4.68 Å². The number of carbonyl (C=O) groups excluding carboxylic acids is 1. The van der Waals surface area contributed by atoms with Gasteiger partial charge < -0.3 is 10.6 Å². The van der Waals surface area contributed by atoms with Crippen molar-refractivity contribution in [3.05, 3.63) is 78.0 Å². The van der Waals surface area contributed by atoms with E-state index in [0.717, 1.165) is 11.3 Å². The van der Waals surface area contributed by atoms with Gasteiger partial charge in [0.05, 0.1) is 12.8 Å². The van der Waals surface area contributed by atoms with Crippen LogP contribution in [-0.4, -0.2) is 22.7 Å². The molecule has 0 unspecified atom stereocenters. The van der Waals surface area contributed by atoms with Gasteiger partial charge in [-0.1, -0.05) is 18.2 Å². The van der Waals surface area contributed by atoms with E-state index in [9.17, 15) is 4.79 Å². The highest BCUT2D eigenvalue weighted by Crippen LogP contribution is 2.19. The number of nitrogens with two attached hydrogens (primary N) is 1. The average molecular weight is 335 g/mol. The first-order chi connectivity index (χ1) is 12.2. The SMILES string of the molecule is COc1ccc(-c2ccn(NC(=O)c3ccccc3)c(=NN)n2)cc1. The largest absolute Gasteiger partial charge is 0.497 e. The van der Waals surface area contributed by atoms with Gasteiger partial charge in [0.1, 0.15) is 5.75 Å². The number of nitrogens with one attached hydrogen (secondary N) is 1. The molecule has 1 heterocycles. The second-order valence-corrected chi connectivity index (χ2v) is 5.15. The Morgan fingerprint density at radius 1 is 1.12 bits per heavy atom. The lowest BCUT2D eigenvalue weighted by Crippen LogP contribution is -2.36. The van der Waals surface area contributed by atoms with E-state index in [4.69, 9.17) is 10.6 Å². The van der Waals surface area contributed by atoms with Crippen molar-refractivity contribution in [3.63, 3.8) is 0 Å². The van der Waals surface area contributed by atoms with Gasteiger partial charge in [0, 0.05) is 17.3 Å². The zero-order chi connectivity index (χ0) is 17.6. The number of aromatic nitrogens is 2. The molecule has 3 N–H and O–H groups in total. The molecule has 1 aromatic heterocycles. The Kier molecular flexibility index (Phi) is 4.75. The minimum Gasteiger partial charge on any atom is -0.497 e. The van der Waals surface area contributed by atoms with Crippen LogP contribution in [0.15, 0.2) is 72.0 Å². The van der Waals surface area contributed by atoms with Crippen LogP contribution in [-0.2, 0) is 0 Å². The molecule has 1 amide bonds. The lowest BCUT2D eigenvalue weighted by molar-refractivity contribution is 0.101. The number of benzene rings is 2. The topological polar surface area (TPSA) is 94.5 Å². The summed E-state index contributed by atoms with van der Waals surface area (Å²) in [6, 6.07) is 18.1. The van der Waals surface area contributed by atoms with Crippen molar-refractivity contribution < 1.29 is 9.53 Å². The third kappa shape index (κ3) is 3.66. The maximum atomic E-state index is 12.3. The molecule has 25 heavy (non-hydrogen) atoms. The maximum Gasteiger partial charge on any atom is 0.270 e. The van der Waals surface area contributed by atoms with Crippen LogP contribution in [0.1, 0.15) is 10.4 Å². The van der Waals surface area contributed by atoms with Gasteiger partial charge in [-0.25, -0.2) is 9.66 Å². The second kappa shape index (κ2) is 7.31. The molecule has 3 aromatic rings. The van der Waals surface area contributed by atoms with Gasteiger partial charge in [-0.2, -0.15) is 0 Å². The summed E-state index contributed by atoms with van der Waals surface area (Å²) in [6.07, 6.45) is 1.65. The molecule has 0 atom stereocenters. The number of nitrogens with zero attached hydrogens (tertiary/aromatic N) is 3. The number of hydrogen-bond donors (Lipinski definition) is 2. The fraction of sp³-hybridized carbons (Fsp3) is 0.0556. The first kappa shape index (κ1) is 16.3. The quantitative estimate of drug-likeness (QED) is 0.561. The number of ether oxygens (including phenoxy) is 1. The van der Waals surface area contributed by atoms with Crippen LogP contribution in [0.5, 0.6) is 5.75 Å². The normalized spacial score (nSPS) is 11.2. The van der Waals surface area contributed by atoms with Crippen molar-refractivity contribution in [2.75, 3.05) is 12.5 Å². The Balaban J connectivity index is 1.88. The number of methoxy groups -OCH3 is 1. The Hall–Kier alpha value is -3.61. The van der Waals surface area contributed by atoms with Crippen LogP contribution < -0.4 is 21.6 Å². The van der Waals surface area contributed by atoms with Crippen molar-refractivity contribution in [1.82, 2.24) is 9.66 Å². The Morgan fingerprint density at radius 2 is 1.84 bits per heavy atom. The fourth-order valence-electron chi connectivity index (χ4n) is 2.28. The van der Waals surface area contributed by atoms with Crippen molar-refractivity contribution in [3.8, 4) is 17.0 Å². The Labute approximate surface area is 144 Å². The first-order valence-electron chi connectivity index (χ1n) is 7.55. The van der Waals surface area contributed by atoms with Gasteiger partial charge in [-0.3, -0.25) is 10.2 Å². The van der Waals surface area contributed by atoms with Gasteiger partial charge in [0.15, 0.2) is 0 Å². The highest BCUT2D eigenvalue weighted by Gasteiger charge is 2.07. The summed E-state index contributed by atoms with van der Waals surface area (Å²) >= 11 is 0. The van der Waals surface area contributed by atoms with Gasteiger partial charge in [-0.05, 0) is 42.5 Å². The van der Waals surface area contributed by atoms with Crippen molar-refractivity contribution in [2.24, 2.45) is 10.9 Å². The van der Waals surface area contributed by atoms with Crippen LogP contribution in [0.25, 0.3) is 11.3 Å². The summed E-state index contributed by atoms with van der Waals surface area (Å²) in [6.45, 7) is 0. The highest BCUT2D eigenvalue weighted by atomic mass is 16.5. The van der Waals surface area contributed by atoms with Gasteiger partial charge in [-0.15, -0.1) is 5.10 Å². The van der Waals surface area contributed by atoms with Crippen molar-refractivity contribution in [2.45, 2.75) is 0 Å². The first-order valence-corrected chi connectivity index (χ1v) is 7.55. The molecular formula is C18H17N5O2. The minimum atomic E-state index is -0.283. The van der Waals surface area contributed by atoms with Crippen molar-refractivity contribution >= 4 is 5.91 Å². The van der Waals surface area contributed by atoms with Crippen LogP contribution in [0.3, 0.4) is 0 Å². The monoisotopic (exact) mass is 335 g/mol. The lowest BCUT2D eigenvalue weighted by atomic mass is 10.1. The van der Waals surface area contributed by atoms with Crippen LogP contribution in [0, 0.1) is 0 Å². The average Bonchev–Trinajstić information content (AvgIpc) is 2.69. The van der Waals surface area contributed by atoms with Crippen molar-refractivity contribution in [1.29, 1.82) is 0 Å². The molecule has 0 spiro atoms. The third-order valence-corrected chi connectivity index (χ3v) is 3.58. The molecular weight excluding hydrogens is 318 g/mol. The predicted octanol–water partition coefficient (Wildman–Crippen LogP) is 1.72. The summed E-state index contributed by atoms with van der Waals surface area (Å²) in [5, 5.41) is 3.65. The van der Waals surface area contributed by atoms with E-state index in [1.54, 1.807) is 43.6 Å². The van der Waals surface area contributed by atoms with E-state index in [2.05, 4.69) is 15.5 Å². The lowest BCUT2D eigenvalue weighted by Gasteiger charge is -2.10. The maximum absolute atomic E-state index is 12.3. The molecule has 0 fully saturated rings. The minimum absolute atomic E-state index is 0.178. The number of amides is 1. The third-order valence-electron chi connectivity index (χ3n) is 3.58. The number of hydrogen-bond acceptors (Lipinski definition) is 5. The second-order valence-electron chi connectivity index (χ2n) is 5.15. The van der Waals surface area contributed by atoms with Crippen LogP contribution in [0.4, 0.5) is 0 Å². The number of carbonyl (C=O) groups is 1. The molecule has 7 heteroatoms. The highest BCUT2D eigenvalue weighted by molar-refractivity contribution is 5.99. The molecule has 0 aliphatic heterocycles. The Bertz CT molecular complexity index is 934. The molecule has 0 aliphatic rings. The van der Waals surface area contributed by atoms with Gasteiger partial charge in [0.2, 0.25) is 0 Å². The predicted molar refractivity (Wildman–Crippen MR) is 94.1 cm³/mol. The van der Waals surface area contributed by atoms with E-state index in [-0.39, 0.29) is 11.5 Å². The molecule has 2 aromatic carbocycles. The molecule has 0 aliphatic carbocycles. The van der Waals surface area contributed by atoms with E-state index in [1.807, 2.05) is 30.3 Å². The fourth-order valence-corrected chi connectivity index (χ4v) is 2.28. The van der Waals surface area contributed by atoms with E-state index < -0.39 is 0 Å². The van der Waals surface area contributed by atoms with Crippen LogP contribution in [0.2, 0.25) is 0 Å². The Morgan fingerprint density at radius 3 is 2.48 bits per heavy atom. The number of rotatable bonds is 4. The molecule has 0 bridgehead atoms. The van der Waals surface area contributed by atoms with Crippen LogP contribution >= 0.6 is 0 Å². The van der Waals surface area contributed by atoms with Gasteiger partial charge >= 0.3 is 0 Å². The molecule has 3 rings (SSSR count). The summed E-state index contributed by atoms with van der Waals surface area (Å²) in [7, 11) is 1.61. The van der Waals surface area contributed by atoms with E-state index >= 15 is 0 Å². The molecule has 126 valence electrons. The molecule has 7 nitrogen and oxygen atoms in total. The van der Waals surface area contributed by atoms with E-state index in [0.29, 0.717) is 11.3 Å². The van der Waals surface area contributed by atoms with Gasteiger partial charge in [0.25, 0.3) is 11.5 Å². The molecule has 0 saturated carbocycles. The summed E-state index contributed by atoms with van der Waals surface area (Å²) in [4.78, 5) is 16.6. The molecule has 0 saturated heterocycles. The summed E-state index contributed by atoms with van der Waals surface area (Å²) in [5.74, 6) is 5.90. The molecule has 0 radical (unpaired) electrons. The smallest absolute Gasteiger partial charge is 0.270 e. The zero-order valence-corrected chi connectivity index (χ0v) is 13.6.